The molecule has 1 aromatic heterocycles. The molecule has 2 heterocycles. The number of nitrogens with two attached hydrogens (primary N) is 1. The summed E-state index contributed by atoms with van der Waals surface area (Å²) in [6, 6.07) is 1.48. The Morgan fingerprint density at radius 1 is 1.37 bits per heavy atom. The average molecular weight is 283 g/mol. The van der Waals surface area contributed by atoms with Gasteiger partial charge in [0.05, 0.1) is 11.8 Å². The number of aliphatic hydroxyl groups is 1. The molecule has 7 heteroatoms. The number of pyridine rings is 1. The number of nitrogens with zero attached hydrogens (tertiary/aromatic N) is 2. The predicted octanol–water partition coefficient (Wildman–Crippen LogP) is 0.0552. The van der Waals surface area contributed by atoms with Crippen molar-refractivity contribution in [2.24, 2.45) is 11.8 Å². The van der Waals surface area contributed by atoms with Gasteiger partial charge >= 0.3 is 0 Å². The molecule has 2 aliphatic rings. The zero-order chi connectivity index (χ0) is 13.6. The van der Waals surface area contributed by atoms with Gasteiger partial charge in [0.25, 0.3) is 0 Å². The van der Waals surface area contributed by atoms with Crippen molar-refractivity contribution in [3.63, 3.8) is 0 Å². The summed E-state index contributed by atoms with van der Waals surface area (Å²) in [5.74, 6) is 0.329. The van der Waals surface area contributed by atoms with Crippen LogP contribution in [0.5, 0.6) is 0 Å². The Hall–Kier alpha value is -1.18. The van der Waals surface area contributed by atoms with E-state index in [-0.39, 0.29) is 28.5 Å². The van der Waals surface area contributed by atoms with Crippen LogP contribution >= 0.6 is 0 Å². The zero-order valence-electron chi connectivity index (χ0n) is 10.4. The van der Waals surface area contributed by atoms with E-state index in [1.807, 2.05) is 0 Å². The molecule has 1 aliphatic heterocycles. The van der Waals surface area contributed by atoms with E-state index < -0.39 is 10.0 Å². The van der Waals surface area contributed by atoms with Crippen molar-refractivity contribution in [3.05, 3.63) is 18.5 Å². The molecule has 6 nitrogen and oxygen atoms in total. The van der Waals surface area contributed by atoms with E-state index in [4.69, 9.17) is 5.73 Å². The number of aromatic nitrogens is 1. The largest absolute Gasteiger partial charge is 0.398 e. The van der Waals surface area contributed by atoms with Crippen molar-refractivity contribution in [1.29, 1.82) is 0 Å². The van der Waals surface area contributed by atoms with Gasteiger partial charge in [-0.1, -0.05) is 0 Å². The second kappa shape index (κ2) is 4.43. The summed E-state index contributed by atoms with van der Waals surface area (Å²) in [7, 11) is -3.60. The molecule has 1 saturated heterocycles. The molecule has 3 N–H and O–H groups in total. The number of nitrogen functional groups attached to an aromatic ring is 1. The highest BCUT2D eigenvalue weighted by Gasteiger charge is 2.46. The second-order valence-corrected chi connectivity index (χ2v) is 7.21. The molecule has 3 atom stereocenters. The van der Waals surface area contributed by atoms with Crippen molar-refractivity contribution >= 4 is 15.7 Å². The lowest BCUT2D eigenvalue weighted by Gasteiger charge is -2.18. The fourth-order valence-corrected chi connectivity index (χ4v) is 4.73. The van der Waals surface area contributed by atoms with E-state index in [0.717, 1.165) is 12.8 Å². The van der Waals surface area contributed by atoms with Gasteiger partial charge in [0, 0.05) is 31.4 Å². The van der Waals surface area contributed by atoms with Gasteiger partial charge in [0.1, 0.15) is 4.90 Å². The molecule has 1 aromatic rings. The van der Waals surface area contributed by atoms with E-state index in [1.165, 1.54) is 22.8 Å². The first-order valence-electron chi connectivity index (χ1n) is 6.38. The lowest BCUT2D eigenvalue weighted by Crippen LogP contribution is -2.31. The molecule has 1 saturated carbocycles. The monoisotopic (exact) mass is 283 g/mol. The van der Waals surface area contributed by atoms with Crippen LogP contribution in [0.25, 0.3) is 0 Å². The summed E-state index contributed by atoms with van der Waals surface area (Å²) in [4.78, 5) is 3.89. The topological polar surface area (TPSA) is 96.5 Å². The minimum atomic E-state index is -3.60. The Morgan fingerprint density at radius 2 is 2.16 bits per heavy atom. The number of hydrogen-bond donors (Lipinski definition) is 2. The normalized spacial score (nSPS) is 31.5. The van der Waals surface area contributed by atoms with E-state index >= 15 is 0 Å². The first-order valence-corrected chi connectivity index (χ1v) is 7.82. The van der Waals surface area contributed by atoms with Crippen LogP contribution < -0.4 is 5.73 Å². The van der Waals surface area contributed by atoms with E-state index in [0.29, 0.717) is 13.1 Å². The van der Waals surface area contributed by atoms with Crippen molar-refractivity contribution < 1.29 is 13.5 Å². The third kappa shape index (κ3) is 2.01. The third-order valence-electron chi connectivity index (χ3n) is 4.22. The van der Waals surface area contributed by atoms with Gasteiger partial charge in [-0.3, -0.25) is 4.98 Å². The molecule has 0 aromatic carbocycles. The number of fused-ring (bicyclic) bond motifs is 1. The molecule has 0 bridgehead atoms. The Labute approximate surface area is 112 Å². The summed E-state index contributed by atoms with van der Waals surface area (Å²) in [6.07, 6.45) is 4.04. The summed E-state index contributed by atoms with van der Waals surface area (Å²) < 4.78 is 26.5. The van der Waals surface area contributed by atoms with Crippen molar-refractivity contribution in [2.45, 2.75) is 23.8 Å². The maximum absolute atomic E-state index is 12.5. The first kappa shape index (κ1) is 12.8. The lowest BCUT2D eigenvalue weighted by molar-refractivity contribution is 0.129. The van der Waals surface area contributed by atoms with Crippen LogP contribution in [0.4, 0.5) is 5.69 Å². The molecule has 2 fully saturated rings. The molecular formula is C12H17N3O3S. The van der Waals surface area contributed by atoms with Gasteiger partial charge in [-0.25, -0.2) is 8.42 Å². The average Bonchev–Trinajstić information content (AvgIpc) is 2.93. The van der Waals surface area contributed by atoms with Crippen molar-refractivity contribution in [2.75, 3.05) is 18.8 Å². The van der Waals surface area contributed by atoms with Gasteiger partial charge in [-0.05, 0) is 24.8 Å². The van der Waals surface area contributed by atoms with Gasteiger partial charge in [0.2, 0.25) is 10.0 Å². The van der Waals surface area contributed by atoms with Gasteiger partial charge in [-0.2, -0.15) is 4.31 Å². The van der Waals surface area contributed by atoms with Crippen molar-refractivity contribution in [3.8, 4) is 0 Å². The minimum absolute atomic E-state index is 0.0597. The van der Waals surface area contributed by atoms with E-state index in [1.54, 1.807) is 0 Å². The quantitative estimate of drug-likeness (QED) is 0.799. The molecule has 0 amide bonds. The molecule has 3 unspecified atom stereocenters. The van der Waals surface area contributed by atoms with Crippen LogP contribution in [0, 0.1) is 11.8 Å². The molecule has 19 heavy (non-hydrogen) atoms. The second-order valence-electron chi connectivity index (χ2n) is 5.30. The number of hydrogen-bond acceptors (Lipinski definition) is 5. The SMILES string of the molecule is Nc1ccncc1S(=O)(=O)N1CC2CCC(O)C2C1. The molecular weight excluding hydrogens is 266 g/mol. The summed E-state index contributed by atoms with van der Waals surface area (Å²) in [5.41, 5.74) is 5.94. The molecule has 0 spiro atoms. The van der Waals surface area contributed by atoms with Gasteiger partial charge in [-0.15, -0.1) is 0 Å². The Morgan fingerprint density at radius 3 is 2.84 bits per heavy atom. The first-order chi connectivity index (χ1) is 9.00. The maximum atomic E-state index is 12.5. The smallest absolute Gasteiger partial charge is 0.246 e. The highest BCUT2D eigenvalue weighted by atomic mass is 32.2. The van der Waals surface area contributed by atoms with Gasteiger partial charge < -0.3 is 10.8 Å². The summed E-state index contributed by atoms with van der Waals surface area (Å²) in [5, 5.41) is 9.85. The summed E-state index contributed by atoms with van der Waals surface area (Å²) in [6.45, 7) is 0.848. The lowest BCUT2D eigenvalue weighted by atomic mass is 10.00. The molecule has 104 valence electrons. The minimum Gasteiger partial charge on any atom is -0.398 e. The van der Waals surface area contributed by atoms with Crippen LogP contribution in [0.1, 0.15) is 12.8 Å². The predicted molar refractivity (Wildman–Crippen MR) is 69.6 cm³/mol. The third-order valence-corrected chi connectivity index (χ3v) is 6.09. The molecule has 3 rings (SSSR count). The summed E-state index contributed by atoms with van der Waals surface area (Å²) >= 11 is 0. The van der Waals surface area contributed by atoms with Crippen LogP contribution in [0.3, 0.4) is 0 Å². The van der Waals surface area contributed by atoms with Crippen LogP contribution in [-0.4, -0.2) is 42.0 Å². The standard InChI is InChI=1S/C12H17N3O3S/c13-10-3-4-14-5-12(10)19(17,18)15-6-8-1-2-11(16)9(8)7-15/h3-5,8-9,11,16H,1-2,6-7H2,(H2,13,14). The Balaban J connectivity index is 1.89. The molecule has 0 radical (unpaired) electrons. The van der Waals surface area contributed by atoms with Crippen LogP contribution in [0.2, 0.25) is 0 Å². The highest BCUT2D eigenvalue weighted by Crippen LogP contribution is 2.40. The number of anilines is 1. The van der Waals surface area contributed by atoms with Crippen LogP contribution in [-0.2, 0) is 10.0 Å². The zero-order valence-corrected chi connectivity index (χ0v) is 11.3. The maximum Gasteiger partial charge on any atom is 0.246 e. The highest BCUT2D eigenvalue weighted by molar-refractivity contribution is 7.89. The van der Waals surface area contributed by atoms with E-state index in [9.17, 15) is 13.5 Å². The Bertz CT molecular complexity index is 590. The van der Waals surface area contributed by atoms with Gasteiger partial charge in [0.15, 0.2) is 0 Å². The fourth-order valence-electron chi connectivity index (χ4n) is 3.14. The van der Waals surface area contributed by atoms with Crippen LogP contribution in [0.15, 0.2) is 23.4 Å². The van der Waals surface area contributed by atoms with Crippen molar-refractivity contribution in [1.82, 2.24) is 9.29 Å². The molecule has 1 aliphatic carbocycles. The number of aliphatic hydroxyl groups excluding tert-OH is 1. The number of rotatable bonds is 2. The Kier molecular flexibility index (Phi) is 2.99. The van der Waals surface area contributed by atoms with E-state index in [2.05, 4.69) is 4.98 Å². The fraction of sp³-hybridized carbons (Fsp3) is 0.583. The number of sulfonamides is 1.